The maximum atomic E-state index is 2.74. The average Bonchev–Trinajstić information content (AvgIpc) is 3.81. The minimum absolute atomic E-state index is 0.00712. The molecule has 4 heterocycles. The Morgan fingerprint density at radius 3 is 1.38 bits per heavy atom. The number of rotatable bonds is 5. The number of hydrogen-bond donors (Lipinski definition) is 0. The van der Waals surface area contributed by atoms with Gasteiger partial charge in [-0.05, 0) is 152 Å². The summed E-state index contributed by atoms with van der Waals surface area (Å²) in [7, 11) is 0. The SMILES string of the molecule is Cc1cc2c3c(c1)N(c1ccccc1)c1c4c(n(-c5cccc(-c6ccccc6)c5)c1B3c1c(c3c(n1-c1ccccc1)CCCC3)N2c1ccccc1)CCCC4. The number of nitrogens with zero attached hydrogens (tertiary/aromatic N) is 4. The van der Waals surface area contributed by atoms with E-state index >= 15 is 0 Å². The molecule has 8 aromatic rings. The van der Waals surface area contributed by atoms with Crippen LogP contribution in [-0.4, -0.2) is 15.8 Å². The van der Waals surface area contributed by atoms with Gasteiger partial charge >= 0.3 is 0 Å². The van der Waals surface area contributed by atoms with E-state index in [-0.39, 0.29) is 6.71 Å². The predicted molar refractivity (Wildman–Crippen MR) is 243 cm³/mol. The number of aromatic nitrogens is 2. The summed E-state index contributed by atoms with van der Waals surface area (Å²) in [6, 6.07) is 58.9. The van der Waals surface area contributed by atoms with E-state index in [9.17, 15) is 0 Å². The topological polar surface area (TPSA) is 16.3 Å². The fourth-order valence-electron chi connectivity index (χ4n) is 11.0. The van der Waals surface area contributed by atoms with Crippen molar-refractivity contribution in [3.8, 4) is 22.5 Å². The molecule has 0 amide bonds. The Labute approximate surface area is 341 Å². The van der Waals surface area contributed by atoms with Crippen molar-refractivity contribution >= 4 is 57.5 Å². The molecule has 0 bridgehead atoms. The van der Waals surface area contributed by atoms with E-state index in [1.54, 1.807) is 0 Å². The predicted octanol–water partition coefficient (Wildman–Crippen LogP) is 11.1. The van der Waals surface area contributed by atoms with Gasteiger partial charge in [-0.3, -0.25) is 0 Å². The molecule has 2 aliphatic heterocycles. The summed E-state index contributed by atoms with van der Waals surface area (Å²) in [4.78, 5) is 5.31. The van der Waals surface area contributed by atoms with Crippen molar-refractivity contribution in [1.82, 2.24) is 9.13 Å². The largest absolute Gasteiger partial charge is 0.323 e. The molecule has 6 aromatic carbocycles. The van der Waals surface area contributed by atoms with Gasteiger partial charge in [-0.1, -0.05) is 97.1 Å². The molecule has 0 atom stereocenters. The molecule has 5 heteroatoms. The lowest BCUT2D eigenvalue weighted by atomic mass is 9.36. The van der Waals surface area contributed by atoms with E-state index in [0.717, 1.165) is 25.7 Å². The number of hydrogen-bond acceptors (Lipinski definition) is 2. The van der Waals surface area contributed by atoms with E-state index in [1.165, 1.54) is 127 Å². The Kier molecular flexibility index (Phi) is 7.73. The van der Waals surface area contributed by atoms with Gasteiger partial charge in [0.2, 0.25) is 0 Å². The lowest BCUT2D eigenvalue weighted by Gasteiger charge is -2.44. The normalized spacial score (nSPS) is 15.0. The standard InChI is InChI=1S/C53H45BN4/c1-36-33-47-49-48(34-36)56(40-24-10-4-11-25-40)51-44-30-15-17-32-46(44)58(42-28-18-21-38(35-42)37-19-6-2-7-20-37)53(51)54(49)52-50(55(47)39-22-8-3-9-23-39)43-29-14-16-31-45(43)57(52)41-26-12-5-13-27-41/h2-13,18-28,33-35H,14-17,29-32H2,1H3. The number of benzene rings is 6. The first kappa shape index (κ1) is 33.7. The van der Waals surface area contributed by atoms with Crippen molar-refractivity contribution in [2.45, 2.75) is 58.3 Å². The first-order chi connectivity index (χ1) is 28.7. The van der Waals surface area contributed by atoms with E-state index in [4.69, 9.17) is 0 Å². The minimum Gasteiger partial charge on any atom is -0.323 e. The number of aryl methyl sites for hydroxylation is 1. The molecule has 12 rings (SSSR count). The van der Waals surface area contributed by atoms with Gasteiger partial charge in [0.15, 0.2) is 0 Å². The smallest absolute Gasteiger partial charge is 0.294 e. The van der Waals surface area contributed by atoms with Crippen molar-refractivity contribution in [3.05, 3.63) is 186 Å². The van der Waals surface area contributed by atoms with Gasteiger partial charge in [-0.25, -0.2) is 0 Å². The van der Waals surface area contributed by atoms with E-state index in [2.05, 4.69) is 184 Å². The molecule has 0 unspecified atom stereocenters. The molecule has 4 nitrogen and oxygen atoms in total. The molecule has 0 radical (unpaired) electrons. The monoisotopic (exact) mass is 748 g/mol. The third-order valence-corrected chi connectivity index (χ3v) is 13.3. The quantitative estimate of drug-likeness (QED) is 0.163. The van der Waals surface area contributed by atoms with Crippen LogP contribution in [0.5, 0.6) is 0 Å². The Balaban J connectivity index is 1.26. The first-order valence-electron chi connectivity index (χ1n) is 21.3. The zero-order valence-electron chi connectivity index (χ0n) is 33.0. The highest BCUT2D eigenvalue weighted by Crippen LogP contribution is 2.50. The van der Waals surface area contributed by atoms with Gasteiger partial charge in [0.25, 0.3) is 6.71 Å². The van der Waals surface area contributed by atoms with Crippen LogP contribution in [0.3, 0.4) is 0 Å². The van der Waals surface area contributed by atoms with Crippen LogP contribution in [0.25, 0.3) is 22.5 Å². The molecular weight excluding hydrogens is 703 g/mol. The second-order valence-electron chi connectivity index (χ2n) is 16.6. The van der Waals surface area contributed by atoms with Crippen LogP contribution in [0.2, 0.25) is 0 Å². The summed E-state index contributed by atoms with van der Waals surface area (Å²) in [6.45, 7) is 2.29. The van der Waals surface area contributed by atoms with E-state index in [1.807, 2.05) is 0 Å². The summed E-state index contributed by atoms with van der Waals surface area (Å²) in [5, 5.41) is 0. The summed E-state index contributed by atoms with van der Waals surface area (Å²) < 4.78 is 5.46. The highest BCUT2D eigenvalue weighted by Gasteiger charge is 2.51. The Hall–Kier alpha value is -6.46. The lowest BCUT2D eigenvalue weighted by Crippen LogP contribution is -2.64. The molecule has 0 N–H and O–H groups in total. The second kappa shape index (κ2) is 13.3. The van der Waals surface area contributed by atoms with Crippen molar-refractivity contribution < 1.29 is 0 Å². The van der Waals surface area contributed by atoms with Crippen LogP contribution in [0.1, 0.15) is 53.8 Å². The zero-order valence-corrected chi connectivity index (χ0v) is 33.0. The number of fused-ring (bicyclic) bond motifs is 8. The molecule has 2 aliphatic carbocycles. The van der Waals surface area contributed by atoms with Gasteiger partial charge < -0.3 is 18.9 Å². The molecule has 58 heavy (non-hydrogen) atoms. The highest BCUT2D eigenvalue weighted by atomic mass is 15.2. The Morgan fingerprint density at radius 1 is 0.414 bits per heavy atom. The third-order valence-electron chi connectivity index (χ3n) is 13.3. The highest BCUT2D eigenvalue weighted by molar-refractivity contribution is 7.00. The van der Waals surface area contributed by atoms with Crippen molar-refractivity contribution in [1.29, 1.82) is 0 Å². The van der Waals surface area contributed by atoms with Gasteiger partial charge in [0.1, 0.15) is 0 Å². The van der Waals surface area contributed by atoms with E-state index < -0.39 is 0 Å². The maximum Gasteiger partial charge on any atom is 0.294 e. The summed E-state index contributed by atoms with van der Waals surface area (Å²) in [5.41, 5.74) is 24.3. The molecule has 280 valence electrons. The minimum atomic E-state index is -0.00712. The van der Waals surface area contributed by atoms with Crippen LogP contribution in [0.4, 0.5) is 34.1 Å². The Bertz CT molecular complexity index is 2840. The number of para-hydroxylation sites is 3. The van der Waals surface area contributed by atoms with Crippen LogP contribution in [-0.2, 0) is 25.7 Å². The van der Waals surface area contributed by atoms with E-state index in [0.29, 0.717) is 0 Å². The van der Waals surface area contributed by atoms with Gasteiger partial charge in [0.05, 0.1) is 11.4 Å². The van der Waals surface area contributed by atoms with Gasteiger partial charge in [-0.2, -0.15) is 0 Å². The summed E-state index contributed by atoms with van der Waals surface area (Å²) >= 11 is 0. The molecule has 0 fully saturated rings. The van der Waals surface area contributed by atoms with Crippen LogP contribution < -0.4 is 26.4 Å². The van der Waals surface area contributed by atoms with Crippen LogP contribution in [0, 0.1) is 6.92 Å². The third kappa shape index (κ3) is 4.95. The van der Waals surface area contributed by atoms with Crippen LogP contribution >= 0.6 is 0 Å². The van der Waals surface area contributed by atoms with Crippen LogP contribution in [0.15, 0.2) is 158 Å². The molecule has 0 saturated carbocycles. The zero-order chi connectivity index (χ0) is 38.3. The van der Waals surface area contributed by atoms with Crippen molar-refractivity contribution in [2.75, 3.05) is 9.80 Å². The van der Waals surface area contributed by atoms with Crippen molar-refractivity contribution in [3.63, 3.8) is 0 Å². The van der Waals surface area contributed by atoms with Gasteiger partial charge in [0, 0.05) is 56.7 Å². The fourth-order valence-corrected chi connectivity index (χ4v) is 11.0. The molecule has 0 spiro atoms. The molecule has 2 aromatic heterocycles. The Morgan fingerprint density at radius 2 is 0.845 bits per heavy atom. The molecule has 0 saturated heterocycles. The molecule has 4 aliphatic rings. The first-order valence-corrected chi connectivity index (χ1v) is 21.3. The number of anilines is 6. The van der Waals surface area contributed by atoms with Crippen molar-refractivity contribution in [2.24, 2.45) is 0 Å². The average molecular weight is 749 g/mol. The lowest BCUT2D eigenvalue weighted by molar-refractivity contribution is 0.664. The van der Waals surface area contributed by atoms with Gasteiger partial charge in [-0.15, -0.1) is 0 Å². The summed E-state index contributed by atoms with van der Waals surface area (Å²) in [6.07, 6.45) is 9.12. The molecular formula is C53H45BN4. The maximum absolute atomic E-state index is 2.74. The fraction of sp³-hybridized carbons (Fsp3) is 0.170. The summed E-state index contributed by atoms with van der Waals surface area (Å²) in [5.74, 6) is 0. The second-order valence-corrected chi connectivity index (χ2v) is 16.6.